The van der Waals surface area contributed by atoms with E-state index in [4.69, 9.17) is 0 Å². The minimum Gasteiger partial charge on any atom is -0.484 e. The van der Waals surface area contributed by atoms with Crippen molar-refractivity contribution in [2.75, 3.05) is 6.61 Å². The van der Waals surface area contributed by atoms with E-state index in [0.29, 0.717) is 5.56 Å². The number of ketones is 1. The van der Waals surface area contributed by atoms with Crippen LogP contribution in [0.5, 0.6) is 5.75 Å². The molecule has 0 aliphatic carbocycles. The van der Waals surface area contributed by atoms with Crippen molar-refractivity contribution in [3.8, 4) is 5.75 Å². The zero-order valence-corrected chi connectivity index (χ0v) is 13.2. The van der Waals surface area contributed by atoms with Crippen LogP contribution in [0.4, 0.5) is 13.2 Å². The highest BCUT2D eigenvalue weighted by Gasteiger charge is 2.28. The Balaban J connectivity index is 2.64. The summed E-state index contributed by atoms with van der Waals surface area (Å²) < 4.78 is 41.1. The molecule has 0 radical (unpaired) electrons. The Morgan fingerprint density at radius 3 is 2.43 bits per heavy atom. The number of hydrogen-bond acceptors (Lipinski definition) is 3. The maximum Gasteiger partial charge on any atom is 0.422 e. The van der Waals surface area contributed by atoms with Crippen LogP contribution < -0.4 is 10.1 Å². The first kappa shape index (κ1) is 19.0. The summed E-state index contributed by atoms with van der Waals surface area (Å²) in [7, 11) is 0. The number of amides is 1. The van der Waals surface area contributed by atoms with Crippen molar-refractivity contribution in [2.24, 2.45) is 5.92 Å². The largest absolute Gasteiger partial charge is 0.484 e. The molecule has 1 rings (SSSR count). The number of Topliss-reactive ketones (excluding diaryl/α,β-unsaturated/α-hetero) is 1. The van der Waals surface area contributed by atoms with E-state index in [2.05, 4.69) is 10.1 Å². The van der Waals surface area contributed by atoms with Crippen molar-refractivity contribution in [2.45, 2.75) is 39.4 Å². The molecule has 1 atom stereocenters. The molecule has 4 nitrogen and oxygen atoms in total. The van der Waals surface area contributed by atoms with Crippen LogP contribution in [0.1, 0.15) is 38.8 Å². The fraction of sp³-hybridized carbons (Fsp3) is 0.500. The Morgan fingerprint density at radius 1 is 1.22 bits per heavy atom. The Hall–Kier alpha value is -2.05. The molecule has 0 saturated heterocycles. The highest BCUT2D eigenvalue weighted by molar-refractivity contribution is 5.98. The number of ether oxygens (including phenoxy) is 1. The topological polar surface area (TPSA) is 55.4 Å². The van der Waals surface area contributed by atoms with Gasteiger partial charge in [0, 0.05) is 5.92 Å². The standard InChI is InChI=1S/C16H20F3NO3/c1-10(2)14(21)8-15(22)20-11(3)12-5-4-6-13(7-12)23-9-16(17,18)19/h4-7,10-11H,8-9H2,1-3H3,(H,20,22)/t11-/m0/s1. The van der Waals surface area contributed by atoms with Crippen LogP contribution in [-0.2, 0) is 9.59 Å². The predicted octanol–water partition coefficient (Wildman–Crippen LogP) is 3.42. The van der Waals surface area contributed by atoms with Crippen LogP contribution in [0, 0.1) is 5.92 Å². The van der Waals surface area contributed by atoms with Crippen molar-refractivity contribution in [3.05, 3.63) is 29.8 Å². The normalized spacial score (nSPS) is 12.8. The molecule has 0 heterocycles. The van der Waals surface area contributed by atoms with Gasteiger partial charge in [0.25, 0.3) is 0 Å². The Kier molecular flexibility index (Phi) is 6.60. The minimum absolute atomic E-state index is 0.0687. The van der Waals surface area contributed by atoms with Crippen LogP contribution >= 0.6 is 0 Å². The second-order valence-electron chi connectivity index (χ2n) is 5.56. The van der Waals surface area contributed by atoms with Crippen LogP contribution in [0.3, 0.4) is 0 Å². The summed E-state index contributed by atoms with van der Waals surface area (Å²) in [4.78, 5) is 23.3. The van der Waals surface area contributed by atoms with Crippen molar-refractivity contribution in [3.63, 3.8) is 0 Å². The van der Waals surface area contributed by atoms with Gasteiger partial charge >= 0.3 is 6.18 Å². The average molecular weight is 331 g/mol. The molecule has 0 aliphatic heterocycles. The third kappa shape index (κ3) is 7.17. The van der Waals surface area contributed by atoms with Gasteiger partial charge in [-0.1, -0.05) is 26.0 Å². The van der Waals surface area contributed by atoms with Gasteiger partial charge in [0.15, 0.2) is 6.61 Å². The third-order valence-electron chi connectivity index (χ3n) is 3.12. The number of nitrogens with one attached hydrogen (secondary N) is 1. The van der Waals surface area contributed by atoms with Gasteiger partial charge in [0.2, 0.25) is 5.91 Å². The van der Waals surface area contributed by atoms with E-state index in [0.717, 1.165) is 0 Å². The van der Waals surface area contributed by atoms with Crippen molar-refractivity contribution < 1.29 is 27.5 Å². The maximum atomic E-state index is 12.1. The molecule has 1 N–H and O–H groups in total. The monoisotopic (exact) mass is 331 g/mol. The van der Waals surface area contributed by atoms with Gasteiger partial charge in [-0.2, -0.15) is 13.2 Å². The number of carbonyl (C=O) groups excluding carboxylic acids is 2. The summed E-state index contributed by atoms with van der Waals surface area (Å²) >= 11 is 0. The highest BCUT2D eigenvalue weighted by Crippen LogP contribution is 2.22. The second kappa shape index (κ2) is 7.99. The second-order valence-corrected chi connectivity index (χ2v) is 5.56. The number of alkyl halides is 3. The summed E-state index contributed by atoms with van der Waals surface area (Å²) in [6.45, 7) is 3.72. The molecule has 0 bridgehead atoms. The summed E-state index contributed by atoms with van der Waals surface area (Å²) in [5.74, 6) is -0.746. The SMILES string of the molecule is CC(C)C(=O)CC(=O)N[C@@H](C)c1cccc(OCC(F)(F)F)c1. The maximum absolute atomic E-state index is 12.1. The lowest BCUT2D eigenvalue weighted by molar-refractivity contribution is -0.153. The molecule has 0 fully saturated rings. The molecule has 1 amide bonds. The Bertz CT molecular complexity index is 556. The third-order valence-corrected chi connectivity index (χ3v) is 3.12. The van der Waals surface area contributed by atoms with Gasteiger partial charge < -0.3 is 10.1 Å². The zero-order chi connectivity index (χ0) is 17.6. The van der Waals surface area contributed by atoms with E-state index < -0.39 is 24.7 Å². The molecule has 23 heavy (non-hydrogen) atoms. The van der Waals surface area contributed by atoms with Crippen LogP contribution in [0.25, 0.3) is 0 Å². The van der Waals surface area contributed by atoms with Crippen LogP contribution in [0.15, 0.2) is 24.3 Å². The van der Waals surface area contributed by atoms with Gasteiger partial charge in [-0.3, -0.25) is 9.59 Å². The smallest absolute Gasteiger partial charge is 0.422 e. The van der Waals surface area contributed by atoms with Gasteiger partial charge in [-0.25, -0.2) is 0 Å². The Labute approximate surface area is 133 Å². The van der Waals surface area contributed by atoms with Gasteiger partial charge in [0.05, 0.1) is 12.5 Å². The van der Waals surface area contributed by atoms with E-state index >= 15 is 0 Å². The summed E-state index contributed by atoms with van der Waals surface area (Å²) in [6, 6.07) is 5.60. The lowest BCUT2D eigenvalue weighted by Crippen LogP contribution is -2.29. The van der Waals surface area contributed by atoms with Crippen LogP contribution in [0.2, 0.25) is 0 Å². The van der Waals surface area contributed by atoms with E-state index in [-0.39, 0.29) is 23.9 Å². The Morgan fingerprint density at radius 2 is 1.87 bits per heavy atom. The number of benzene rings is 1. The molecule has 0 spiro atoms. The van der Waals surface area contributed by atoms with E-state index in [9.17, 15) is 22.8 Å². The zero-order valence-electron chi connectivity index (χ0n) is 13.2. The molecular formula is C16H20F3NO3. The lowest BCUT2D eigenvalue weighted by atomic mass is 10.0. The fourth-order valence-electron chi connectivity index (χ4n) is 1.78. The van der Waals surface area contributed by atoms with E-state index in [1.807, 2.05) is 0 Å². The quantitative estimate of drug-likeness (QED) is 0.779. The summed E-state index contributed by atoms with van der Waals surface area (Å²) in [5, 5.41) is 2.64. The van der Waals surface area contributed by atoms with Gasteiger partial charge in [0.1, 0.15) is 11.5 Å². The van der Waals surface area contributed by atoms with Crippen molar-refractivity contribution in [1.82, 2.24) is 5.32 Å². The first-order valence-corrected chi connectivity index (χ1v) is 7.20. The van der Waals surface area contributed by atoms with Crippen molar-refractivity contribution in [1.29, 1.82) is 0 Å². The van der Waals surface area contributed by atoms with E-state index in [1.165, 1.54) is 12.1 Å². The van der Waals surface area contributed by atoms with Gasteiger partial charge in [-0.05, 0) is 24.6 Å². The highest BCUT2D eigenvalue weighted by atomic mass is 19.4. The number of carbonyl (C=O) groups is 2. The van der Waals surface area contributed by atoms with Crippen molar-refractivity contribution >= 4 is 11.7 Å². The molecule has 0 aromatic heterocycles. The average Bonchev–Trinajstić information content (AvgIpc) is 2.44. The molecule has 0 unspecified atom stereocenters. The molecule has 0 aliphatic rings. The van der Waals surface area contributed by atoms with Gasteiger partial charge in [-0.15, -0.1) is 0 Å². The molecule has 1 aromatic carbocycles. The molecule has 0 saturated carbocycles. The van der Waals surface area contributed by atoms with Crippen LogP contribution in [-0.4, -0.2) is 24.5 Å². The summed E-state index contributed by atoms with van der Waals surface area (Å²) in [5.41, 5.74) is 0.593. The first-order chi connectivity index (χ1) is 10.6. The molecule has 1 aromatic rings. The first-order valence-electron chi connectivity index (χ1n) is 7.20. The fourth-order valence-corrected chi connectivity index (χ4v) is 1.78. The molecule has 7 heteroatoms. The molecule has 128 valence electrons. The lowest BCUT2D eigenvalue weighted by Gasteiger charge is -2.16. The summed E-state index contributed by atoms with van der Waals surface area (Å²) in [6.07, 6.45) is -4.63. The number of halogens is 3. The molecular weight excluding hydrogens is 311 g/mol. The number of rotatable bonds is 7. The predicted molar refractivity (Wildman–Crippen MR) is 79.0 cm³/mol. The van der Waals surface area contributed by atoms with E-state index in [1.54, 1.807) is 32.9 Å². The minimum atomic E-state index is -4.41. The number of hydrogen-bond donors (Lipinski definition) is 1.